The molecule has 0 bridgehead atoms. The number of aromatic nitrogens is 2. The van der Waals surface area contributed by atoms with Crippen LogP contribution in [0.3, 0.4) is 0 Å². The number of urea groups is 1. The van der Waals surface area contributed by atoms with Crippen LogP contribution in [0.2, 0.25) is 0 Å². The van der Waals surface area contributed by atoms with Gasteiger partial charge in [0.15, 0.2) is 5.16 Å². The maximum Gasteiger partial charge on any atom is 0.318 e. The van der Waals surface area contributed by atoms with Gasteiger partial charge >= 0.3 is 6.03 Å². The molecule has 1 aliphatic rings. The summed E-state index contributed by atoms with van der Waals surface area (Å²) in [6, 6.07) is -0.901. The first kappa shape index (κ1) is 19.8. The number of primary amides is 1. The highest BCUT2D eigenvalue weighted by molar-refractivity contribution is 7.99. The number of hydrogen-bond donors (Lipinski definition) is 2. The average Bonchev–Trinajstić information content (AvgIpc) is 3.22. The molecule has 10 heteroatoms. The number of nitrogens with one attached hydrogen (secondary N) is 1. The molecular weight excluding hydrogens is 388 g/mol. The van der Waals surface area contributed by atoms with Crippen LogP contribution in [0.4, 0.5) is 4.79 Å². The molecule has 0 saturated carbocycles. The number of thiophene rings is 1. The highest BCUT2D eigenvalue weighted by atomic mass is 32.2. The minimum Gasteiger partial charge on any atom is -0.376 e. The number of imide groups is 1. The van der Waals surface area contributed by atoms with Gasteiger partial charge in [-0.25, -0.2) is 9.78 Å². The van der Waals surface area contributed by atoms with Crippen molar-refractivity contribution in [1.82, 2.24) is 14.9 Å². The van der Waals surface area contributed by atoms with Crippen molar-refractivity contribution in [3.8, 4) is 0 Å². The normalized spacial score (nSPS) is 16.7. The van der Waals surface area contributed by atoms with Gasteiger partial charge < -0.3 is 10.5 Å². The Balaban J connectivity index is 1.99. The van der Waals surface area contributed by atoms with E-state index in [0.29, 0.717) is 28.5 Å². The maximum absolute atomic E-state index is 13.2. The summed E-state index contributed by atoms with van der Waals surface area (Å²) in [5.41, 5.74) is 5.89. The lowest BCUT2D eigenvalue weighted by molar-refractivity contribution is -0.117. The maximum atomic E-state index is 13.2. The highest BCUT2D eigenvalue weighted by Crippen LogP contribution is 2.30. The lowest BCUT2D eigenvalue weighted by atomic mass is 10.1. The number of thioether (sulfide) groups is 1. The van der Waals surface area contributed by atoms with Crippen LogP contribution in [0, 0.1) is 6.92 Å². The van der Waals surface area contributed by atoms with E-state index in [2.05, 4.69) is 4.98 Å². The van der Waals surface area contributed by atoms with E-state index >= 15 is 0 Å². The molecule has 0 spiro atoms. The number of nitrogens with two attached hydrogens (primary N) is 1. The van der Waals surface area contributed by atoms with Crippen LogP contribution in [0.25, 0.3) is 10.2 Å². The number of rotatable bonds is 6. The molecule has 0 aromatic carbocycles. The fraction of sp³-hybridized carbons (Fsp3) is 0.529. The number of carbonyl (C=O) groups is 2. The van der Waals surface area contributed by atoms with Crippen molar-refractivity contribution >= 4 is 45.3 Å². The molecule has 0 radical (unpaired) electrons. The first-order valence-electron chi connectivity index (χ1n) is 8.77. The molecule has 0 aliphatic carbocycles. The number of carbonyl (C=O) groups excluding carboxylic acids is 2. The number of aryl methyl sites for hydroxylation is 2. The molecule has 3 amide bonds. The predicted molar refractivity (Wildman–Crippen MR) is 105 cm³/mol. The fourth-order valence-electron chi connectivity index (χ4n) is 3.22. The van der Waals surface area contributed by atoms with Crippen molar-refractivity contribution in [1.29, 1.82) is 0 Å². The zero-order valence-electron chi connectivity index (χ0n) is 15.2. The molecule has 146 valence electrons. The van der Waals surface area contributed by atoms with E-state index in [1.165, 1.54) is 11.3 Å². The summed E-state index contributed by atoms with van der Waals surface area (Å²) in [7, 11) is 0. The third-order valence-corrected chi connectivity index (χ3v) is 6.45. The lowest BCUT2D eigenvalue weighted by Gasteiger charge is -2.15. The molecular formula is C17H22N4O4S2. The summed E-state index contributed by atoms with van der Waals surface area (Å²) < 4.78 is 7.29. The van der Waals surface area contributed by atoms with Gasteiger partial charge in [-0.2, -0.15) is 0 Å². The topological polar surface area (TPSA) is 116 Å². The smallest absolute Gasteiger partial charge is 0.318 e. The van der Waals surface area contributed by atoms with Crippen molar-refractivity contribution < 1.29 is 14.3 Å². The Bertz CT molecular complexity index is 931. The number of amides is 3. The standard InChI is InChI=1S/C17H22N4O4S2/c1-3-11-9(2)27-14-13(11)15(23)21(7-10-5-4-6-25-10)17(20-14)26-8-12(22)19-16(18)24/h10H,3-8H2,1-2H3,(H3,18,19,22,24)/t10-/m0/s1. The average molecular weight is 411 g/mol. The predicted octanol–water partition coefficient (Wildman–Crippen LogP) is 1.79. The Kier molecular flexibility index (Phi) is 6.18. The second kappa shape index (κ2) is 8.41. The van der Waals surface area contributed by atoms with E-state index in [4.69, 9.17) is 10.5 Å². The third kappa shape index (κ3) is 4.33. The Morgan fingerprint density at radius 3 is 2.89 bits per heavy atom. The van der Waals surface area contributed by atoms with E-state index in [1.807, 2.05) is 19.2 Å². The summed E-state index contributed by atoms with van der Waals surface area (Å²) in [5.74, 6) is -0.584. The molecule has 1 saturated heterocycles. The quantitative estimate of drug-likeness (QED) is 0.554. The fourth-order valence-corrected chi connectivity index (χ4v) is 5.19. The van der Waals surface area contributed by atoms with Crippen LogP contribution < -0.4 is 16.6 Å². The highest BCUT2D eigenvalue weighted by Gasteiger charge is 2.23. The van der Waals surface area contributed by atoms with Crippen LogP contribution in [0.5, 0.6) is 0 Å². The van der Waals surface area contributed by atoms with Gasteiger partial charge in [0.25, 0.3) is 5.56 Å². The van der Waals surface area contributed by atoms with Gasteiger partial charge in [-0.15, -0.1) is 11.3 Å². The number of ether oxygens (including phenoxy) is 1. The van der Waals surface area contributed by atoms with Crippen molar-refractivity contribution in [3.63, 3.8) is 0 Å². The van der Waals surface area contributed by atoms with E-state index < -0.39 is 11.9 Å². The van der Waals surface area contributed by atoms with Crippen LogP contribution in [0.1, 0.15) is 30.2 Å². The van der Waals surface area contributed by atoms with Gasteiger partial charge in [-0.3, -0.25) is 19.5 Å². The van der Waals surface area contributed by atoms with Crippen LogP contribution >= 0.6 is 23.1 Å². The molecule has 3 heterocycles. The number of hydrogen-bond acceptors (Lipinski definition) is 7. The van der Waals surface area contributed by atoms with Crippen LogP contribution in [-0.2, 0) is 22.5 Å². The molecule has 2 aromatic rings. The minimum absolute atomic E-state index is 0.0365. The van der Waals surface area contributed by atoms with E-state index in [0.717, 1.165) is 41.5 Å². The summed E-state index contributed by atoms with van der Waals surface area (Å²) >= 11 is 2.60. The van der Waals surface area contributed by atoms with E-state index in [9.17, 15) is 14.4 Å². The Labute approximate surface area is 164 Å². The molecule has 0 unspecified atom stereocenters. The van der Waals surface area contributed by atoms with Crippen molar-refractivity contribution in [3.05, 3.63) is 20.8 Å². The molecule has 3 N–H and O–H groups in total. The van der Waals surface area contributed by atoms with Crippen LogP contribution in [-0.4, -0.2) is 40.0 Å². The molecule has 1 aliphatic heterocycles. The molecule has 27 heavy (non-hydrogen) atoms. The second-order valence-electron chi connectivity index (χ2n) is 6.32. The number of fused-ring (bicyclic) bond motifs is 1. The Morgan fingerprint density at radius 1 is 1.48 bits per heavy atom. The van der Waals surface area contributed by atoms with E-state index in [1.54, 1.807) is 4.57 Å². The van der Waals surface area contributed by atoms with Gasteiger partial charge in [0.2, 0.25) is 5.91 Å². The van der Waals surface area contributed by atoms with Gasteiger partial charge in [0, 0.05) is 11.5 Å². The summed E-state index contributed by atoms with van der Waals surface area (Å²) in [4.78, 5) is 42.2. The molecule has 8 nitrogen and oxygen atoms in total. The number of nitrogens with zero attached hydrogens (tertiary/aromatic N) is 2. The Morgan fingerprint density at radius 2 is 2.26 bits per heavy atom. The van der Waals surface area contributed by atoms with Crippen molar-refractivity contribution in [2.24, 2.45) is 5.73 Å². The lowest BCUT2D eigenvalue weighted by Crippen LogP contribution is -2.36. The van der Waals surface area contributed by atoms with Gasteiger partial charge in [-0.05, 0) is 31.7 Å². The third-order valence-electron chi connectivity index (χ3n) is 4.44. The van der Waals surface area contributed by atoms with Crippen molar-refractivity contribution in [2.45, 2.75) is 50.9 Å². The second-order valence-corrected chi connectivity index (χ2v) is 8.46. The molecule has 2 aromatic heterocycles. The SMILES string of the molecule is CCc1c(C)sc2nc(SCC(=O)NC(N)=O)n(C[C@@H]3CCCO3)c(=O)c12. The van der Waals surface area contributed by atoms with Gasteiger partial charge in [-0.1, -0.05) is 18.7 Å². The summed E-state index contributed by atoms with van der Waals surface area (Å²) in [5, 5.41) is 3.13. The zero-order valence-corrected chi connectivity index (χ0v) is 16.9. The van der Waals surface area contributed by atoms with Gasteiger partial charge in [0.1, 0.15) is 4.83 Å². The monoisotopic (exact) mass is 410 g/mol. The molecule has 1 atom stereocenters. The first-order valence-corrected chi connectivity index (χ1v) is 10.6. The van der Waals surface area contributed by atoms with Crippen molar-refractivity contribution in [2.75, 3.05) is 12.4 Å². The zero-order chi connectivity index (χ0) is 19.6. The summed E-state index contributed by atoms with van der Waals surface area (Å²) in [6.45, 7) is 5.10. The molecule has 1 fully saturated rings. The summed E-state index contributed by atoms with van der Waals surface area (Å²) in [6.07, 6.45) is 2.58. The minimum atomic E-state index is -0.901. The largest absolute Gasteiger partial charge is 0.376 e. The van der Waals surface area contributed by atoms with Gasteiger partial charge in [0.05, 0.1) is 23.8 Å². The van der Waals surface area contributed by atoms with Crippen LogP contribution in [0.15, 0.2) is 9.95 Å². The first-order chi connectivity index (χ1) is 12.9. The van der Waals surface area contributed by atoms with E-state index in [-0.39, 0.29) is 17.4 Å². The molecule has 3 rings (SSSR count). The Hall–Kier alpha value is -1.91.